The molecule has 3 aromatic rings. The van der Waals surface area contributed by atoms with Crippen molar-refractivity contribution >= 4 is 5.97 Å². The molecule has 0 unspecified atom stereocenters. The van der Waals surface area contributed by atoms with Crippen LogP contribution in [-0.4, -0.2) is 39.8 Å². The third-order valence-electron chi connectivity index (χ3n) is 3.63. The molecule has 0 atom stereocenters. The number of rotatable bonds is 6. The lowest BCUT2D eigenvalue weighted by molar-refractivity contribution is 0.0691. The predicted molar refractivity (Wildman–Crippen MR) is 91.5 cm³/mol. The van der Waals surface area contributed by atoms with Gasteiger partial charge in [-0.3, -0.25) is 0 Å². The van der Waals surface area contributed by atoms with Gasteiger partial charge >= 0.3 is 5.97 Å². The molecule has 25 heavy (non-hydrogen) atoms. The van der Waals surface area contributed by atoms with Gasteiger partial charge in [-0.1, -0.05) is 5.21 Å². The van der Waals surface area contributed by atoms with Gasteiger partial charge in [0.1, 0.15) is 17.2 Å². The Morgan fingerprint density at radius 1 is 1.08 bits per heavy atom. The van der Waals surface area contributed by atoms with Gasteiger partial charge in [0.25, 0.3) is 0 Å². The summed E-state index contributed by atoms with van der Waals surface area (Å²) in [5, 5.41) is 17.3. The molecule has 1 heterocycles. The second-order valence-corrected chi connectivity index (χ2v) is 5.16. The molecule has 0 aliphatic heterocycles. The molecule has 0 saturated heterocycles. The first-order chi connectivity index (χ1) is 12.1. The number of ether oxygens (including phenoxy) is 2. The van der Waals surface area contributed by atoms with E-state index >= 15 is 0 Å². The predicted octanol–water partition coefficient (Wildman–Crippen LogP) is 3.04. The minimum absolute atomic E-state index is 0.112. The minimum Gasteiger partial charge on any atom is -0.497 e. The van der Waals surface area contributed by atoms with Gasteiger partial charge < -0.3 is 14.6 Å². The van der Waals surface area contributed by atoms with Crippen molar-refractivity contribution in [2.24, 2.45) is 0 Å². The van der Waals surface area contributed by atoms with Crippen LogP contribution in [0.15, 0.2) is 48.5 Å². The van der Waals surface area contributed by atoms with Gasteiger partial charge in [-0.05, 0) is 55.5 Å². The largest absolute Gasteiger partial charge is 0.497 e. The van der Waals surface area contributed by atoms with Gasteiger partial charge in [0, 0.05) is 5.56 Å². The smallest absolute Gasteiger partial charge is 0.358 e. The molecule has 0 fully saturated rings. The second-order valence-electron chi connectivity index (χ2n) is 5.16. The fourth-order valence-electron chi connectivity index (χ4n) is 2.46. The first-order valence-electron chi connectivity index (χ1n) is 7.70. The number of nitrogens with zero attached hydrogens (tertiary/aromatic N) is 3. The van der Waals surface area contributed by atoms with Gasteiger partial charge in [-0.2, -0.15) is 0 Å². The minimum atomic E-state index is -1.14. The van der Waals surface area contributed by atoms with Crippen LogP contribution in [0.25, 0.3) is 16.9 Å². The van der Waals surface area contributed by atoms with E-state index in [-0.39, 0.29) is 5.69 Å². The topological polar surface area (TPSA) is 86.5 Å². The van der Waals surface area contributed by atoms with Crippen LogP contribution in [0.1, 0.15) is 17.4 Å². The molecule has 0 aliphatic rings. The van der Waals surface area contributed by atoms with E-state index in [0.717, 1.165) is 5.75 Å². The lowest BCUT2D eigenvalue weighted by Gasteiger charge is -2.09. The van der Waals surface area contributed by atoms with Crippen LogP contribution < -0.4 is 9.47 Å². The number of carboxylic acid groups (broad SMARTS) is 1. The Labute approximate surface area is 144 Å². The van der Waals surface area contributed by atoms with Crippen LogP contribution in [-0.2, 0) is 0 Å². The number of benzene rings is 2. The monoisotopic (exact) mass is 339 g/mol. The molecule has 0 spiro atoms. The van der Waals surface area contributed by atoms with E-state index in [0.29, 0.717) is 29.3 Å². The highest BCUT2D eigenvalue weighted by Gasteiger charge is 2.21. The van der Waals surface area contributed by atoms with Crippen molar-refractivity contribution in [1.82, 2.24) is 15.0 Å². The summed E-state index contributed by atoms with van der Waals surface area (Å²) in [7, 11) is 1.57. The van der Waals surface area contributed by atoms with Crippen molar-refractivity contribution < 1.29 is 19.4 Å². The Balaban J connectivity index is 2.09. The number of methoxy groups -OCH3 is 1. The van der Waals surface area contributed by atoms with E-state index in [1.165, 1.54) is 4.68 Å². The Morgan fingerprint density at radius 2 is 1.72 bits per heavy atom. The summed E-state index contributed by atoms with van der Waals surface area (Å²) < 4.78 is 12.1. The van der Waals surface area contributed by atoms with Gasteiger partial charge in [0.2, 0.25) is 0 Å². The van der Waals surface area contributed by atoms with Crippen LogP contribution in [0, 0.1) is 0 Å². The lowest BCUT2D eigenvalue weighted by atomic mass is 10.1. The van der Waals surface area contributed by atoms with Crippen molar-refractivity contribution in [3.63, 3.8) is 0 Å². The Hall–Kier alpha value is -3.35. The van der Waals surface area contributed by atoms with Crippen LogP contribution >= 0.6 is 0 Å². The summed E-state index contributed by atoms with van der Waals surface area (Å²) in [6.45, 7) is 2.48. The number of carbonyl (C=O) groups is 1. The van der Waals surface area contributed by atoms with Crippen molar-refractivity contribution in [1.29, 1.82) is 0 Å². The fraction of sp³-hybridized carbons (Fsp3) is 0.167. The summed E-state index contributed by atoms with van der Waals surface area (Å²) in [6, 6.07) is 14.3. The highest BCUT2D eigenvalue weighted by atomic mass is 16.5. The Kier molecular flexibility index (Phi) is 4.65. The molecule has 0 radical (unpaired) electrons. The Morgan fingerprint density at radius 3 is 2.28 bits per heavy atom. The molecule has 0 aliphatic carbocycles. The van der Waals surface area contributed by atoms with E-state index in [1.54, 1.807) is 55.6 Å². The van der Waals surface area contributed by atoms with Crippen LogP contribution in [0.4, 0.5) is 0 Å². The van der Waals surface area contributed by atoms with Crippen molar-refractivity contribution in [2.75, 3.05) is 13.7 Å². The van der Waals surface area contributed by atoms with E-state index < -0.39 is 5.97 Å². The zero-order valence-electron chi connectivity index (χ0n) is 13.8. The maximum Gasteiger partial charge on any atom is 0.358 e. The number of hydrogen-bond acceptors (Lipinski definition) is 5. The van der Waals surface area contributed by atoms with Crippen molar-refractivity contribution in [3.8, 4) is 28.4 Å². The van der Waals surface area contributed by atoms with Gasteiger partial charge in [-0.25, -0.2) is 9.48 Å². The molecule has 1 aromatic heterocycles. The molecule has 0 amide bonds. The average molecular weight is 339 g/mol. The van der Waals surface area contributed by atoms with E-state index in [1.807, 2.05) is 6.92 Å². The van der Waals surface area contributed by atoms with Crippen molar-refractivity contribution in [3.05, 3.63) is 54.2 Å². The molecule has 1 N–H and O–H groups in total. The molecular formula is C18H17N3O4. The maximum absolute atomic E-state index is 11.5. The van der Waals surface area contributed by atoms with E-state index in [2.05, 4.69) is 10.3 Å². The SMILES string of the molecule is CCOc1ccc(-n2nnc(C(=O)O)c2-c2ccc(OC)cc2)cc1. The van der Waals surface area contributed by atoms with Gasteiger partial charge in [0.15, 0.2) is 5.69 Å². The Bertz CT molecular complexity index is 870. The lowest BCUT2D eigenvalue weighted by Crippen LogP contribution is -2.03. The van der Waals surface area contributed by atoms with Crippen LogP contribution in [0.2, 0.25) is 0 Å². The molecular weight excluding hydrogens is 322 g/mol. The van der Waals surface area contributed by atoms with E-state index in [9.17, 15) is 9.90 Å². The molecule has 0 bridgehead atoms. The zero-order valence-corrected chi connectivity index (χ0v) is 13.8. The molecule has 3 rings (SSSR count). The first-order valence-corrected chi connectivity index (χ1v) is 7.70. The number of aromatic nitrogens is 3. The summed E-state index contributed by atoms with van der Waals surface area (Å²) in [5.41, 5.74) is 1.66. The number of hydrogen-bond donors (Lipinski definition) is 1. The number of aromatic carboxylic acids is 1. The summed E-state index contributed by atoms with van der Waals surface area (Å²) in [4.78, 5) is 11.5. The third kappa shape index (κ3) is 3.30. The first kappa shape index (κ1) is 16.5. The average Bonchev–Trinajstić information content (AvgIpc) is 3.08. The summed E-state index contributed by atoms with van der Waals surface area (Å²) in [6.07, 6.45) is 0. The summed E-state index contributed by atoms with van der Waals surface area (Å²) in [5.74, 6) is 0.277. The molecule has 7 nitrogen and oxygen atoms in total. The fourth-order valence-corrected chi connectivity index (χ4v) is 2.46. The van der Waals surface area contributed by atoms with Crippen LogP contribution in [0.5, 0.6) is 11.5 Å². The normalized spacial score (nSPS) is 10.5. The molecule has 128 valence electrons. The van der Waals surface area contributed by atoms with Gasteiger partial charge in [-0.15, -0.1) is 5.10 Å². The zero-order chi connectivity index (χ0) is 17.8. The number of carboxylic acids is 1. The highest BCUT2D eigenvalue weighted by molar-refractivity contribution is 5.93. The van der Waals surface area contributed by atoms with Gasteiger partial charge in [0.05, 0.1) is 19.4 Å². The van der Waals surface area contributed by atoms with Crippen LogP contribution in [0.3, 0.4) is 0 Å². The quantitative estimate of drug-likeness (QED) is 0.743. The standard InChI is InChI=1S/C18H17N3O4/c1-3-25-15-10-6-13(7-11-15)21-17(16(18(22)23)19-20-21)12-4-8-14(24-2)9-5-12/h4-11H,3H2,1-2H3,(H,22,23). The second kappa shape index (κ2) is 7.04. The molecule has 0 saturated carbocycles. The summed E-state index contributed by atoms with van der Waals surface area (Å²) >= 11 is 0. The molecule has 7 heteroatoms. The van der Waals surface area contributed by atoms with Crippen molar-refractivity contribution in [2.45, 2.75) is 6.92 Å². The maximum atomic E-state index is 11.5. The van der Waals surface area contributed by atoms with E-state index in [4.69, 9.17) is 9.47 Å². The molecule has 2 aromatic carbocycles. The highest BCUT2D eigenvalue weighted by Crippen LogP contribution is 2.27. The third-order valence-corrected chi connectivity index (χ3v) is 3.63.